The Labute approximate surface area is 190 Å². The van der Waals surface area contributed by atoms with Crippen molar-refractivity contribution in [3.63, 3.8) is 0 Å². The Morgan fingerprint density at radius 2 is 1.85 bits per heavy atom. The Morgan fingerprint density at radius 3 is 2.58 bits per heavy atom. The van der Waals surface area contributed by atoms with Gasteiger partial charge >= 0.3 is 0 Å². The number of benzene rings is 2. The molecule has 33 heavy (non-hydrogen) atoms. The van der Waals surface area contributed by atoms with E-state index in [0.29, 0.717) is 29.3 Å². The fourth-order valence-electron chi connectivity index (χ4n) is 3.38. The van der Waals surface area contributed by atoms with Gasteiger partial charge in [-0.25, -0.2) is 9.50 Å². The van der Waals surface area contributed by atoms with Crippen molar-refractivity contribution in [1.29, 1.82) is 0 Å². The second-order valence-corrected chi connectivity index (χ2v) is 7.41. The molecule has 0 aliphatic heterocycles. The van der Waals surface area contributed by atoms with E-state index >= 15 is 0 Å². The number of nitrogens with zero attached hydrogens (tertiary/aromatic N) is 3. The summed E-state index contributed by atoms with van der Waals surface area (Å²) >= 11 is 0. The number of hydrogen-bond donors (Lipinski definition) is 3. The predicted octanol–water partition coefficient (Wildman–Crippen LogP) is 3.27. The van der Waals surface area contributed by atoms with Crippen molar-refractivity contribution in [1.82, 2.24) is 19.9 Å². The number of amides is 2. The summed E-state index contributed by atoms with van der Waals surface area (Å²) in [6, 6.07) is 16.3. The second-order valence-electron chi connectivity index (χ2n) is 7.41. The zero-order valence-electron chi connectivity index (χ0n) is 18.5. The molecule has 4 aromatic rings. The van der Waals surface area contributed by atoms with Crippen molar-refractivity contribution in [2.45, 2.75) is 13.5 Å². The van der Waals surface area contributed by atoms with Crippen LogP contribution in [0.1, 0.15) is 32.0 Å². The Morgan fingerprint density at radius 1 is 1.06 bits per heavy atom. The molecular formula is C24H24N6O3. The average Bonchev–Trinajstić information content (AvgIpc) is 3.27. The number of hydrogen-bond acceptors (Lipinski definition) is 6. The summed E-state index contributed by atoms with van der Waals surface area (Å²) in [6.45, 7) is 2.47. The number of imidazole rings is 1. The van der Waals surface area contributed by atoms with Crippen LogP contribution in [0.4, 0.5) is 11.5 Å². The van der Waals surface area contributed by atoms with Gasteiger partial charge < -0.3 is 20.7 Å². The largest absolute Gasteiger partial charge is 0.497 e. The summed E-state index contributed by atoms with van der Waals surface area (Å²) in [7, 11) is 3.19. The number of nitrogens with one attached hydrogen (secondary N) is 3. The molecule has 0 bridgehead atoms. The van der Waals surface area contributed by atoms with Crippen molar-refractivity contribution < 1.29 is 14.3 Å². The van der Waals surface area contributed by atoms with Gasteiger partial charge in [0.25, 0.3) is 11.8 Å². The molecule has 0 aliphatic carbocycles. The van der Waals surface area contributed by atoms with Crippen LogP contribution >= 0.6 is 0 Å². The van der Waals surface area contributed by atoms with Crippen molar-refractivity contribution in [2.24, 2.45) is 0 Å². The highest BCUT2D eigenvalue weighted by Crippen LogP contribution is 2.18. The third kappa shape index (κ3) is 4.77. The Hall–Kier alpha value is -4.40. The summed E-state index contributed by atoms with van der Waals surface area (Å²) in [4.78, 5) is 29.2. The third-order valence-corrected chi connectivity index (χ3v) is 5.13. The van der Waals surface area contributed by atoms with Crippen molar-refractivity contribution >= 4 is 29.0 Å². The molecule has 9 heteroatoms. The van der Waals surface area contributed by atoms with Crippen LogP contribution in [-0.4, -0.2) is 40.6 Å². The van der Waals surface area contributed by atoms with Gasteiger partial charge in [-0.3, -0.25) is 9.59 Å². The molecule has 0 atom stereocenters. The summed E-state index contributed by atoms with van der Waals surface area (Å²) in [5, 5.41) is 13.2. The molecule has 0 aliphatic rings. The Balaban J connectivity index is 1.55. The van der Waals surface area contributed by atoms with E-state index in [-0.39, 0.29) is 17.5 Å². The highest BCUT2D eigenvalue weighted by atomic mass is 16.5. The first kappa shape index (κ1) is 21.8. The number of carbonyl (C=O) groups is 2. The van der Waals surface area contributed by atoms with Gasteiger partial charge in [0.15, 0.2) is 11.3 Å². The number of fused-ring (bicyclic) bond motifs is 1. The number of aromatic nitrogens is 3. The van der Waals surface area contributed by atoms with Gasteiger partial charge in [0.05, 0.1) is 13.3 Å². The summed E-state index contributed by atoms with van der Waals surface area (Å²) < 4.78 is 6.71. The van der Waals surface area contributed by atoms with Crippen LogP contribution in [0.25, 0.3) is 5.65 Å². The molecule has 2 heterocycles. The lowest BCUT2D eigenvalue weighted by atomic mass is 10.2. The van der Waals surface area contributed by atoms with Crippen LogP contribution in [0.2, 0.25) is 0 Å². The molecule has 0 saturated carbocycles. The first-order chi connectivity index (χ1) is 16.0. The maximum Gasteiger partial charge on any atom is 0.276 e. The topological polar surface area (TPSA) is 110 Å². The van der Waals surface area contributed by atoms with E-state index < -0.39 is 0 Å². The van der Waals surface area contributed by atoms with E-state index in [1.807, 2.05) is 37.3 Å². The van der Waals surface area contributed by atoms with E-state index in [1.165, 1.54) is 10.7 Å². The SMILES string of the molecule is CNC(=O)c1cccc(NC(=O)c2cnc3c(C)cc(NCc4ccc(OC)cc4)nn23)c1. The maximum atomic E-state index is 13.0. The number of ether oxygens (including phenoxy) is 1. The van der Waals surface area contributed by atoms with Crippen LogP contribution in [0.15, 0.2) is 60.8 Å². The van der Waals surface area contributed by atoms with Crippen LogP contribution < -0.4 is 20.7 Å². The molecule has 4 rings (SSSR count). The van der Waals surface area contributed by atoms with Crippen LogP contribution in [0.3, 0.4) is 0 Å². The normalized spacial score (nSPS) is 10.6. The van der Waals surface area contributed by atoms with Gasteiger partial charge in [-0.2, -0.15) is 0 Å². The van der Waals surface area contributed by atoms with Crippen molar-refractivity contribution in [3.8, 4) is 5.75 Å². The van der Waals surface area contributed by atoms with Gasteiger partial charge in [0.1, 0.15) is 11.6 Å². The average molecular weight is 444 g/mol. The number of anilines is 2. The molecule has 0 unspecified atom stereocenters. The lowest BCUT2D eigenvalue weighted by Crippen LogP contribution is -2.19. The summed E-state index contributed by atoms with van der Waals surface area (Å²) in [5.41, 5.74) is 3.77. The third-order valence-electron chi connectivity index (χ3n) is 5.13. The molecule has 2 amide bonds. The zero-order chi connectivity index (χ0) is 23.4. The van der Waals surface area contributed by atoms with E-state index in [4.69, 9.17) is 4.74 Å². The van der Waals surface area contributed by atoms with Gasteiger partial charge in [-0.05, 0) is 54.4 Å². The Kier molecular flexibility index (Phi) is 6.21. The van der Waals surface area contributed by atoms with Gasteiger partial charge in [0, 0.05) is 24.8 Å². The number of aryl methyl sites for hydroxylation is 1. The van der Waals surface area contributed by atoms with E-state index in [1.54, 1.807) is 38.4 Å². The monoisotopic (exact) mass is 444 g/mol. The first-order valence-corrected chi connectivity index (χ1v) is 10.3. The van der Waals surface area contributed by atoms with Gasteiger partial charge in [0.2, 0.25) is 0 Å². The lowest BCUT2D eigenvalue weighted by Gasteiger charge is -2.10. The highest BCUT2D eigenvalue weighted by Gasteiger charge is 2.16. The van der Waals surface area contributed by atoms with Crippen molar-refractivity contribution in [3.05, 3.63) is 83.2 Å². The summed E-state index contributed by atoms with van der Waals surface area (Å²) in [6.07, 6.45) is 1.49. The maximum absolute atomic E-state index is 13.0. The molecule has 3 N–H and O–H groups in total. The highest BCUT2D eigenvalue weighted by molar-refractivity contribution is 6.04. The Bertz CT molecular complexity index is 1310. The molecule has 0 fully saturated rings. The number of rotatable bonds is 7. The smallest absolute Gasteiger partial charge is 0.276 e. The minimum absolute atomic E-state index is 0.231. The summed E-state index contributed by atoms with van der Waals surface area (Å²) in [5.74, 6) is 0.801. The molecule has 0 saturated heterocycles. The van der Waals surface area contributed by atoms with Crippen LogP contribution in [0, 0.1) is 6.92 Å². The molecule has 0 spiro atoms. The predicted molar refractivity (Wildman–Crippen MR) is 126 cm³/mol. The first-order valence-electron chi connectivity index (χ1n) is 10.3. The fraction of sp³-hybridized carbons (Fsp3) is 0.167. The zero-order valence-corrected chi connectivity index (χ0v) is 18.5. The lowest BCUT2D eigenvalue weighted by molar-refractivity contribution is 0.0961. The number of carbonyl (C=O) groups excluding carboxylic acids is 2. The molecule has 0 radical (unpaired) electrons. The number of methoxy groups -OCH3 is 1. The van der Waals surface area contributed by atoms with Crippen LogP contribution in [-0.2, 0) is 6.54 Å². The molecule has 2 aromatic heterocycles. The molecule has 9 nitrogen and oxygen atoms in total. The molecular weight excluding hydrogens is 420 g/mol. The van der Waals surface area contributed by atoms with E-state index in [0.717, 1.165) is 16.9 Å². The van der Waals surface area contributed by atoms with Crippen LogP contribution in [0.5, 0.6) is 5.75 Å². The van der Waals surface area contributed by atoms with E-state index in [9.17, 15) is 9.59 Å². The molecule has 168 valence electrons. The quantitative estimate of drug-likeness (QED) is 0.404. The van der Waals surface area contributed by atoms with Gasteiger partial charge in [-0.15, -0.1) is 5.10 Å². The van der Waals surface area contributed by atoms with Gasteiger partial charge in [-0.1, -0.05) is 18.2 Å². The minimum atomic E-state index is -0.379. The second kappa shape index (κ2) is 9.39. The molecule has 2 aromatic carbocycles. The minimum Gasteiger partial charge on any atom is -0.497 e. The fourth-order valence-corrected chi connectivity index (χ4v) is 3.38. The standard InChI is InChI=1S/C24H24N6O3/c1-15-11-21(26-13-16-7-9-19(33-3)10-8-16)29-30-20(14-27-22(15)30)24(32)28-18-6-4-5-17(12-18)23(31)25-2/h4-12,14H,13H2,1-3H3,(H,25,31)(H,26,29)(H,28,32). The van der Waals surface area contributed by atoms with Crippen molar-refractivity contribution in [2.75, 3.05) is 24.8 Å². The van der Waals surface area contributed by atoms with E-state index in [2.05, 4.69) is 26.0 Å².